The molecule has 1 atom stereocenters. The number of likely N-dealkylation sites (N-methyl/N-ethyl adjacent to an activating group) is 1. The van der Waals surface area contributed by atoms with Crippen molar-refractivity contribution in [1.29, 1.82) is 0 Å². The summed E-state index contributed by atoms with van der Waals surface area (Å²) in [7, 11) is 3.83. The number of Topliss-reactive ketones (excluding diaryl/α,β-unsaturated/α-hetero) is 1. The predicted molar refractivity (Wildman–Crippen MR) is 88.5 cm³/mol. The van der Waals surface area contributed by atoms with Crippen LogP contribution in [0, 0.1) is 6.92 Å². The third kappa shape index (κ3) is 3.14. The van der Waals surface area contributed by atoms with Crippen molar-refractivity contribution in [2.75, 3.05) is 27.2 Å². The first kappa shape index (κ1) is 16.5. The number of carbonyl (C=O) groups is 2. The van der Waals surface area contributed by atoms with Crippen LogP contribution in [0.15, 0.2) is 22.8 Å². The molecule has 0 fully saturated rings. The van der Waals surface area contributed by atoms with Crippen molar-refractivity contribution < 1.29 is 18.7 Å². The Hall–Kier alpha value is -2.34. The number of nitrogens with one attached hydrogen (secondary N) is 1. The Bertz CT molecular complexity index is 743. The van der Waals surface area contributed by atoms with Crippen LogP contribution >= 0.6 is 0 Å². The van der Waals surface area contributed by atoms with Crippen LogP contribution < -0.4 is 0 Å². The highest BCUT2D eigenvalue weighted by atomic mass is 16.5. The number of nitrogens with zero attached hydrogens (tertiary/aromatic N) is 1. The van der Waals surface area contributed by atoms with Gasteiger partial charge < -0.3 is 19.0 Å². The van der Waals surface area contributed by atoms with Crippen molar-refractivity contribution in [3.63, 3.8) is 0 Å². The van der Waals surface area contributed by atoms with Gasteiger partial charge in [-0.25, -0.2) is 4.79 Å². The molecule has 2 aromatic heterocycles. The second-order valence-corrected chi connectivity index (χ2v) is 6.46. The Morgan fingerprint density at radius 3 is 2.88 bits per heavy atom. The van der Waals surface area contributed by atoms with Gasteiger partial charge in [0.1, 0.15) is 18.1 Å². The fraction of sp³-hybridized carbons (Fsp3) is 0.444. The lowest BCUT2D eigenvalue weighted by Gasteiger charge is -2.19. The third-order valence-corrected chi connectivity index (χ3v) is 4.41. The van der Waals surface area contributed by atoms with Gasteiger partial charge in [0.2, 0.25) is 0 Å². The molecular formula is C18H22N2O4. The van der Waals surface area contributed by atoms with Crippen molar-refractivity contribution in [2.45, 2.75) is 25.7 Å². The third-order valence-electron chi connectivity index (χ3n) is 4.41. The van der Waals surface area contributed by atoms with Crippen molar-refractivity contribution in [2.24, 2.45) is 0 Å². The second-order valence-electron chi connectivity index (χ2n) is 6.46. The molecule has 0 radical (unpaired) electrons. The summed E-state index contributed by atoms with van der Waals surface area (Å²) in [6.07, 6.45) is 2.66. The summed E-state index contributed by atoms with van der Waals surface area (Å²) in [5, 5.41) is 0. The van der Waals surface area contributed by atoms with Gasteiger partial charge in [-0.3, -0.25) is 4.79 Å². The molecule has 0 aliphatic heterocycles. The Kier molecular flexibility index (Phi) is 4.57. The molecular weight excluding hydrogens is 308 g/mol. The molecule has 0 spiro atoms. The molecule has 2 heterocycles. The van der Waals surface area contributed by atoms with Gasteiger partial charge in [0.05, 0.1) is 6.26 Å². The van der Waals surface area contributed by atoms with Crippen LogP contribution in [0.2, 0.25) is 0 Å². The summed E-state index contributed by atoms with van der Waals surface area (Å²) in [6, 6.07) is 3.71. The summed E-state index contributed by atoms with van der Waals surface area (Å²) in [4.78, 5) is 29.9. The lowest BCUT2D eigenvalue weighted by molar-refractivity contribution is 0.0474. The molecule has 1 aliphatic rings. The topological polar surface area (TPSA) is 75.5 Å². The molecule has 1 aliphatic carbocycles. The highest BCUT2D eigenvalue weighted by Gasteiger charge is 2.33. The number of hydrogen-bond acceptors (Lipinski definition) is 5. The number of ether oxygens (including phenoxy) is 1. The maximum atomic E-state index is 12.5. The van der Waals surface area contributed by atoms with E-state index in [1.165, 1.54) is 0 Å². The average molecular weight is 330 g/mol. The van der Waals surface area contributed by atoms with Gasteiger partial charge in [0.15, 0.2) is 5.78 Å². The highest BCUT2D eigenvalue weighted by Crippen LogP contribution is 2.35. The normalized spacial score (nSPS) is 17.2. The van der Waals surface area contributed by atoms with E-state index in [2.05, 4.69) is 4.98 Å². The van der Waals surface area contributed by atoms with E-state index in [9.17, 15) is 9.59 Å². The first-order valence-corrected chi connectivity index (χ1v) is 8.07. The van der Waals surface area contributed by atoms with Crippen LogP contribution in [0.3, 0.4) is 0 Å². The van der Waals surface area contributed by atoms with E-state index in [0.717, 1.165) is 11.5 Å². The Balaban J connectivity index is 1.80. The molecule has 0 saturated heterocycles. The highest BCUT2D eigenvalue weighted by molar-refractivity contribution is 6.03. The van der Waals surface area contributed by atoms with Crippen LogP contribution in [0.25, 0.3) is 0 Å². The summed E-state index contributed by atoms with van der Waals surface area (Å²) in [5.74, 6) is 0.442. The SMILES string of the molecule is Cc1c(C(=O)OCCN(C)C)[nH]c2c1C(=O)CC(c1ccco1)C2. The second kappa shape index (κ2) is 6.65. The lowest BCUT2D eigenvalue weighted by atomic mass is 9.84. The predicted octanol–water partition coefficient (Wildman–Crippen LogP) is 2.55. The minimum Gasteiger partial charge on any atom is -0.469 e. The lowest BCUT2D eigenvalue weighted by Crippen LogP contribution is -2.20. The van der Waals surface area contributed by atoms with Crippen LogP contribution in [0.4, 0.5) is 0 Å². The molecule has 3 rings (SSSR count). The Labute approximate surface area is 140 Å². The van der Waals surface area contributed by atoms with E-state index in [-0.39, 0.29) is 11.7 Å². The summed E-state index contributed by atoms with van der Waals surface area (Å²) in [6.45, 7) is 2.77. The Morgan fingerprint density at radius 1 is 1.42 bits per heavy atom. The number of H-pyrrole nitrogens is 1. The molecule has 0 bridgehead atoms. The maximum absolute atomic E-state index is 12.5. The number of hydrogen-bond donors (Lipinski definition) is 1. The number of ketones is 1. The fourth-order valence-corrected chi connectivity index (χ4v) is 3.16. The summed E-state index contributed by atoms with van der Waals surface area (Å²) < 4.78 is 10.7. The maximum Gasteiger partial charge on any atom is 0.355 e. The quantitative estimate of drug-likeness (QED) is 0.853. The van der Waals surface area contributed by atoms with Gasteiger partial charge in [-0.1, -0.05) is 0 Å². The molecule has 128 valence electrons. The van der Waals surface area contributed by atoms with Crippen LogP contribution in [-0.4, -0.2) is 48.9 Å². The molecule has 6 nitrogen and oxygen atoms in total. The molecule has 1 unspecified atom stereocenters. The van der Waals surface area contributed by atoms with Crippen molar-refractivity contribution in [1.82, 2.24) is 9.88 Å². The summed E-state index contributed by atoms with van der Waals surface area (Å²) in [5.41, 5.74) is 2.50. The molecule has 0 amide bonds. The number of esters is 1. The molecule has 0 aromatic carbocycles. The van der Waals surface area contributed by atoms with Gasteiger partial charge >= 0.3 is 5.97 Å². The van der Waals surface area contributed by atoms with E-state index in [0.29, 0.717) is 42.8 Å². The molecule has 1 N–H and O–H groups in total. The van der Waals surface area contributed by atoms with Gasteiger partial charge in [0.25, 0.3) is 0 Å². The average Bonchev–Trinajstić information content (AvgIpc) is 3.15. The van der Waals surface area contributed by atoms with Crippen molar-refractivity contribution in [3.8, 4) is 0 Å². The Morgan fingerprint density at radius 2 is 2.21 bits per heavy atom. The van der Waals surface area contributed by atoms with Gasteiger partial charge in [-0.15, -0.1) is 0 Å². The number of aromatic nitrogens is 1. The number of carbonyl (C=O) groups excluding carboxylic acids is 2. The zero-order valence-corrected chi connectivity index (χ0v) is 14.2. The van der Waals surface area contributed by atoms with Gasteiger partial charge in [0, 0.05) is 30.1 Å². The van der Waals surface area contributed by atoms with Crippen molar-refractivity contribution in [3.05, 3.63) is 46.7 Å². The van der Waals surface area contributed by atoms with Crippen LogP contribution in [-0.2, 0) is 11.2 Å². The van der Waals surface area contributed by atoms with E-state index < -0.39 is 5.97 Å². The minimum atomic E-state index is -0.411. The first-order chi connectivity index (χ1) is 11.5. The zero-order chi connectivity index (χ0) is 17.3. The minimum absolute atomic E-state index is 0.00987. The van der Waals surface area contributed by atoms with E-state index in [4.69, 9.17) is 9.15 Å². The van der Waals surface area contributed by atoms with Crippen LogP contribution in [0.1, 0.15) is 50.2 Å². The first-order valence-electron chi connectivity index (χ1n) is 8.07. The van der Waals surface area contributed by atoms with Gasteiger partial charge in [-0.05, 0) is 45.1 Å². The monoisotopic (exact) mass is 330 g/mol. The van der Waals surface area contributed by atoms with Gasteiger partial charge in [-0.2, -0.15) is 0 Å². The molecule has 0 saturated carbocycles. The fourth-order valence-electron chi connectivity index (χ4n) is 3.16. The largest absolute Gasteiger partial charge is 0.469 e. The summed E-state index contributed by atoms with van der Waals surface area (Å²) >= 11 is 0. The molecule has 2 aromatic rings. The van der Waals surface area contributed by atoms with Crippen molar-refractivity contribution >= 4 is 11.8 Å². The van der Waals surface area contributed by atoms with E-state index in [1.807, 2.05) is 31.1 Å². The number of furan rings is 1. The van der Waals surface area contributed by atoms with E-state index >= 15 is 0 Å². The molecule has 24 heavy (non-hydrogen) atoms. The van der Waals surface area contributed by atoms with Crippen LogP contribution in [0.5, 0.6) is 0 Å². The van der Waals surface area contributed by atoms with E-state index in [1.54, 1.807) is 13.2 Å². The number of fused-ring (bicyclic) bond motifs is 1. The molecule has 6 heteroatoms. The zero-order valence-electron chi connectivity index (χ0n) is 14.2. The standard InChI is InChI=1S/C18H22N2O4/c1-11-16-13(19-17(11)18(22)24-8-6-20(2)3)9-12(10-14(16)21)15-5-4-7-23-15/h4-5,7,12,19H,6,8-10H2,1-3H3. The smallest absolute Gasteiger partial charge is 0.355 e. The number of rotatable bonds is 5. The number of aromatic amines is 1.